The van der Waals surface area contributed by atoms with E-state index in [1.807, 2.05) is 19.2 Å². The van der Waals surface area contributed by atoms with Crippen LogP contribution in [0.1, 0.15) is 23.9 Å². The summed E-state index contributed by atoms with van der Waals surface area (Å²) in [5, 5.41) is 10.2. The van der Waals surface area contributed by atoms with Crippen molar-refractivity contribution < 1.29 is 4.52 Å². The Morgan fingerprint density at radius 3 is 2.36 bits per heavy atom. The molecule has 0 amide bonds. The van der Waals surface area contributed by atoms with E-state index in [2.05, 4.69) is 76.0 Å². The molecule has 2 heterocycles. The summed E-state index contributed by atoms with van der Waals surface area (Å²) in [4.78, 5) is 2.32. The maximum absolute atomic E-state index is 5.37. The molecule has 0 unspecified atom stereocenters. The third-order valence-corrected chi connectivity index (χ3v) is 5.48. The van der Waals surface area contributed by atoms with Crippen LogP contribution >= 0.6 is 11.5 Å². The summed E-state index contributed by atoms with van der Waals surface area (Å²) in [5.74, 6) is 0.844. The van der Waals surface area contributed by atoms with Gasteiger partial charge in [0.1, 0.15) is 11.5 Å². The number of benzene rings is 2. The number of hydrogen-bond acceptors (Lipinski definition) is 6. The number of nitrogens with zero attached hydrogens (tertiary/aromatic N) is 4. The Morgan fingerprint density at radius 1 is 1.00 bits per heavy atom. The highest BCUT2D eigenvalue weighted by Gasteiger charge is 2.16. The Labute approximate surface area is 168 Å². The molecular weight excluding hydrogens is 368 g/mol. The fraction of sp³-hybridized carbons (Fsp3) is 0.227. The van der Waals surface area contributed by atoms with Crippen LogP contribution in [0.2, 0.25) is 0 Å². The molecule has 2 aromatic carbocycles. The van der Waals surface area contributed by atoms with E-state index in [1.54, 1.807) is 0 Å². The average Bonchev–Trinajstić information content (AvgIpc) is 3.35. The van der Waals surface area contributed by atoms with Crippen LogP contribution in [0.25, 0.3) is 22.4 Å². The summed E-state index contributed by atoms with van der Waals surface area (Å²) < 4.78 is 9.31. The Balaban J connectivity index is 1.73. The second kappa shape index (κ2) is 7.56. The molecule has 0 saturated carbocycles. The lowest BCUT2D eigenvalue weighted by Crippen LogP contribution is -2.17. The van der Waals surface area contributed by atoms with Crippen molar-refractivity contribution >= 4 is 22.9 Å². The Kier molecular flexibility index (Phi) is 4.96. The van der Waals surface area contributed by atoms with Crippen LogP contribution < -0.4 is 4.90 Å². The number of anilines is 2. The normalized spacial score (nSPS) is 11.0. The third-order valence-electron chi connectivity index (χ3n) is 4.97. The lowest BCUT2D eigenvalue weighted by molar-refractivity contribution is 0.393. The molecule has 0 bridgehead atoms. The van der Waals surface area contributed by atoms with Crippen molar-refractivity contribution in [3.63, 3.8) is 0 Å². The van der Waals surface area contributed by atoms with Crippen molar-refractivity contribution in [1.29, 1.82) is 0 Å². The van der Waals surface area contributed by atoms with Crippen LogP contribution in [0.4, 0.5) is 11.4 Å². The zero-order valence-electron chi connectivity index (χ0n) is 16.4. The quantitative estimate of drug-likeness (QED) is 0.422. The van der Waals surface area contributed by atoms with E-state index < -0.39 is 0 Å². The molecule has 5 nitrogen and oxygen atoms in total. The minimum absolute atomic E-state index is 0.844. The highest BCUT2D eigenvalue weighted by Crippen LogP contribution is 2.35. The van der Waals surface area contributed by atoms with Gasteiger partial charge < -0.3 is 9.42 Å². The SMILES string of the molecule is CCN(c1ccc(-c2csnn2)cc1)c1cc(-c2c(C)noc2C)ccc1C. The van der Waals surface area contributed by atoms with Gasteiger partial charge in [0.25, 0.3) is 0 Å². The second-order valence-electron chi connectivity index (χ2n) is 6.78. The van der Waals surface area contributed by atoms with Gasteiger partial charge in [-0.05, 0) is 68.6 Å². The topological polar surface area (TPSA) is 55.1 Å². The average molecular weight is 391 g/mol. The van der Waals surface area contributed by atoms with Crippen molar-refractivity contribution in [3.05, 3.63) is 64.9 Å². The van der Waals surface area contributed by atoms with Crippen molar-refractivity contribution in [2.24, 2.45) is 0 Å². The largest absolute Gasteiger partial charge is 0.361 e. The standard InChI is InChI=1S/C22H22N4OS/c1-5-26(19-10-8-17(9-11-19)20-13-28-25-23-20)21-12-18(7-6-14(21)2)22-15(3)24-27-16(22)4/h6-13H,5H2,1-4H3. The number of hydrogen-bond donors (Lipinski definition) is 0. The fourth-order valence-electron chi connectivity index (χ4n) is 3.55. The van der Waals surface area contributed by atoms with E-state index in [1.165, 1.54) is 22.8 Å². The van der Waals surface area contributed by atoms with Crippen LogP contribution in [-0.4, -0.2) is 21.3 Å². The first-order valence-electron chi connectivity index (χ1n) is 9.27. The molecular formula is C22H22N4OS. The van der Waals surface area contributed by atoms with E-state index in [0.29, 0.717) is 0 Å². The summed E-state index contributed by atoms with van der Waals surface area (Å²) in [5.41, 5.74) is 8.66. The van der Waals surface area contributed by atoms with Crippen molar-refractivity contribution in [2.45, 2.75) is 27.7 Å². The number of rotatable bonds is 5. The van der Waals surface area contributed by atoms with Crippen LogP contribution in [-0.2, 0) is 0 Å². The van der Waals surface area contributed by atoms with E-state index in [-0.39, 0.29) is 0 Å². The Bertz CT molecular complexity index is 1060. The summed E-state index contributed by atoms with van der Waals surface area (Å²) in [6.07, 6.45) is 0. The maximum atomic E-state index is 5.37. The molecule has 4 aromatic rings. The summed E-state index contributed by atoms with van der Waals surface area (Å²) in [7, 11) is 0. The summed E-state index contributed by atoms with van der Waals surface area (Å²) >= 11 is 1.37. The molecule has 0 spiro atoms. The Hall–Kier alpha value is -2.99. The van der Waals surface area contributed by atoms with E-state index >= 15 is 0 Å². The van der Waals surface area contributed by atoms with E-state index in [0.717, 1.165) is 46.1 Å². The third kappa shape index (κ3) is 3.31. The molecule has 6 heteroatoms. The molecule has 0 aliphatic carbocycles. The van der Waals surface area contributed by atoms with E-state index in [4.69, 9.17) is 4.52 Å². The van der Waals surface area contributed by atoms with Gasteiger partial charge in [0.2, 0.25) is 0 Å². The van der Waals surface area contributed by atoms with Gasteiger partial charge in [-0.2, -0.15) is 0 Å². The molecule has 0 saturated heterocycles. The van der Waals surface area contributed by atoms with Crippen LogP contribution in [0.3, 0.4) is 0 Å². The van der Waals surface area contributed by atoms with Gasteiger partial charge in [0.05, 0.1) is 5.69 Å². The predicted octanol–water partition coefficient (Wildman–Crippen LogP) is 5.94. The van der Waals surface area contributed by atoms with E-state index in [9.17, 15) is 0 Å². The first-order chi connectivity index (χ1) is 13.6. The highest BCUT2D eigenvalue weighted by molar-refractivity contribution is 7.03. The van der Waals surface area contributed by atoms with Gasteiger partial charge in [0.15, 0.2) is 0 Å². The zero-order chi connectivity index (χ0) is 19.7. The molecule has 0 atom stereocenters. The van der Waals surface area contributed by atoms with Gasteiger partial charge in [-0.1, -0.05) is 33.9 Å². The minimum Gasteiger partial charge on any atom is -0.361 e. The monoisotopic (exact) mass is 390 g/mol. The first kappa shape index (κ1) is 18.4. The molecule has 0 aliphatic rings. The van der Waals surface area contributed by atoms with Crippen LogP contribution in [0.5, 0.6) is 0 Å². The van der Waals surface area contributed by atoms with Gasteiger partial charge in [-0.25, -0.2) is 0 Å². The fourth-order valence-corrected chi connectivity index (χ4v) is 4.01. The highest BCUT2D eigenvalue weighted by atomic mass is 32.1. The van der Waals surface area contributed by atoms with Crippen LogP contribution in [0, 0.1) is 20.8 Å². The number of aromatic nitrogens is 3. The van der Waals surface area contributed by atoms with Crippen molar-refractivity contribution in [2.75, 3.05) is 11.4 Å². The number of aryl methyl sites for hydroxylation is 3. The molecule has 28 heavy (non-hydrogen) atoms. The minimum atomic E-state index is 0.844. The van der Waals surface area contributed by atoms with Gasteiger partial charge in [-0.3, -0.25) is 0 Å². The second-order valence-corrected chi connectivity index (χ2v) is 7.39. The Morgan fingerprint density at radius 2 is 1.75 bits per heavy atom. The van der Waals surface area contributed by atoms with Crippen LogP contribution in [0.15, 0.2) is 52.4 Å². The molecule has 0 radical (unpaired) electrons. The van der Waals surface area contributed by atoms with Crippen molar-refractivity contribution in [3.8, 4) is 22.4 Å². The molecule has 4 rings (SSSR count). The molecule has 0 fully saturated rings. The maximum Gasteiger partial charge on any atom is 0.141 e. The smallest absolute Gasteiger partial charge is 0.141 e. The molecule has 0 N–H and O–H groups in total. The lowest BCUT2D eigenvalue weighted by Gasteiger charge is -2.26. The molecule has 142 valence electrons. The predicted molar refractivity (Wildman–Crippen MR) is 114 cm³/mol. The summed E-state index contributed by atoms with van der Waals surface area (Å²) in [6.45, 7) is 9.11. The van der Waals surface area contributed by atoms with Gasteiger partial charge in [-0.15, -0.1) is 5.10 Å². The van der Waals surface area contributed by atoms with Gasteiger partial charge in [0, 0.05) is 34.4 Å². The lowest BCUT2D eigenvalue weighted by atomic mass is 10.0. The van der Waals surface area contributed by atoms with Crippen molar-refractivity contribution in [1.82, 2.24) is 14.7 Å². The zero-order valence-corrected chi connectivity index (χ0v) is 17.2. The molecule has 0 aliphatic heterocycles. The van der Waals surface area contributed by atoms with Gasteiger partial charge >= 0.3 is 0 Å². The first-order valence-corrected chi connectivity index (χ1v) is 10.1. The summed E-state index contributed by atoms with van der Waals surface area (Å²) in [6, 6.07) is 15.0. The molecule has 2 aromatic heterocycles.